The maximum Gasteiger partial charge on any atom is 0.115 e. The van der Waals surface area contributed by atoms with E-state index in [9.17, 15) is 5.11 Å². The highest BCUT2D eigenvalue weighted by Crippen LogP contribution is 2.59. The van der Waals surface area contributed by atoms with Gasteiger partial charge < -0.3 is 5.11 Å². The lowest BCUT2D eigenvalue weighted by molar-refractivity contribution is -0.0376. The van der Waals surface area contributed by atoms with Crippen molar-refractivity contribution < 1.29 is 5.11 Å². The lowest BCUT2D eigenvalue weighted by Crippen LogP contribution is -2.63. The van der Waals surface area contributed by atoms with E-state index in [0.717, 1.165) is 18.3 Å². The van der Waals surface area contributed by atoms with E-state index in [0.29, 0.717) is 17.7 Å². The maximum absolute atomic E-state index is 10.2. The Bertz CT molecular complexity index is 706. The largest absolute Gasteiger partial charge is 0.508 e. The van der Waals surface area contributed by atoms with Crippen LogP contribution in [0.4, 0.5) is 0 Å². The number of aromatic hydroxyl groups is 1. The van der Waals surface area contributed by atoms with Gasteiger partial charge in [0.05, 0.1) is 0 Å². The smallest absolute Gasteiger partial charge is 0.115 e. The van der Waals surface area contributed by atoms with Gasteiger partial charge in [0.15, 0.2) is 0 Å². The molecule has 3 aliphatic carbocycles. The van der Waals surface area contributed by atoms with Gasteiger partial charge in [-0.05, 0) is 86.1 Å². The van der Waals surface area contributed by atoms with Gasteiger partial charge in [0.1, 0.15) is 5.75 Å². The molecule has 3 fully saturated rings. The quantitative estimate of drug-likeness (QED) is 0.793. The van der Waals surface area contributed by atoms with Gasteiger partial charge in [-0.2, -0.15) is 0 Å². The van der Waals surface area contributed by atoms with Crippen LogP contribution in [0.2, 0.25) is 0 Å². The average Bonchev–Trinajstić information content (AvgIpc) is 2.52. The highest BCUT2D eigenvalue weighted by molar-refractivity contribution is 5.46. The molecule has 0 radical (unpaired) electrons. The number of allylic oxidation sites excluding steroid dienone is 1. The van der Waals surface area contributed by atoms with Crippen LogP contribution in [0, 0.1) is 17.8 Å². The number of phenolic OH excluding ortho intramolecular Hbond substituents is 1. The molecule has 2 saturated carbocycles. The Morgan fingerprint density at radius 2 is 2.12 bits per heavy atom. The molecule has 134 valence electrons. The lowest BCUT2D eigenvalue weighted by Gasteiger charge is -2.62. The first-order chi connectivity index (χ1) is 12.1. The summed E-state index contributed by atoms with van der Waals surface area (Å²) in [6, 6.07) is 6.87. The van der Waals surface area contributed by atoms with Gasteiger partial charge in [0.25, 0.3) is 0 Å². The number of likely N-dealkylation sites (tertiary alicyclic amines) is 1. The zero-order chi connectivity index (χ0) is 17.2. The van der Waals surface area contributed by atoms with Crippen LogP contribution >= 0.6 is 0 Å². The third kappa shape index (κ3) is 2.33. The average molecular weight is 338 g/mol. The first-order valence-corrected chi connectivity index (χ1v) is 10.3. The Hall–Kier alpha value is -1.28. The fourth-order valence-corrected chi connectivity index (χ4v) is 6.83. The van der Waals surface area contributed by atoms with E-state index in [1.807, 2.05) is 6.07 Å². The fraction of sp³-hybridized carbons (Fsp3) is 0.652. The van der Waals surface area contributed by atoms with Crippen LogP contribution in [0.5, 0.6) is 5.75 Å². The van der Waals surface area contributed by atoms with Crippen LogP contribution in [0.25, 0.3) is 0 Å². The molecule has 1 heterocycles. The molecule has 0 aromatic heterocycles. The van der Waals surface area contributed by atoms with Crippen LogP contribution in [0.1, 0.15) is 56.6 Å². The number of hydrogen-bond donors (Lipinski definition) is 1. The number of rotatable bonds is 2. The molecular weight excluding hydrogens is 306 g/mol. The second-order valence-electron chi connectivity index (χ2n) is 9.44. The van der Waals surface area contributed by atoms with Crippen LogP contribution in [0.15, 0.2) is 30.4 Å². The van der Waals surface area contributed by atoms with Crippen molar-refractivity contribution in [1.29, 1.82) is 0 Å². The Morgan fingerprint density at radius 1 is 1.28 bits per heavy atom. The number of nitrogens with zero attached hydrogens (tertiary/aromatic N) is 1. The third-order valence-corrected chi connectivity index (χ3v) is 7.93. The fourth-order valence-electron chi connectivity index (χ4n) is 6.83. The van der Waals surface area contributed by atoms with Gasteiger partial charge in [0, 0.05) is 18.0 Å². The molecule has 2 nitrogen and oxygen atoms in total. The number of piperidine rings is 1. The van der Waals surface area contributed by atoms with Crippen molar-refractivity contribution in [3.05, 3.63) is 41.5 Å². The van der Waals surface area contributed by atoms with Gasteiger partial charge >= 0.3 is 0 Å². The van der Waals surface area contributed by atoms with Gasteiger partial charge in [0.2, 0.25) is 0 Å². The minimum absolute atomic E-state index is 0.224. The van der Waals surface area contributed by atoms with Crippen molar-refractivity contribution in [2.24, 2.45) is 17.8 Å². The Morgan fingerprint density at radius 3 is 2.88 bits per heavy atom. The second kappa shape index (κ2) is 5.61. The van der Waals surface area contributed by atoms with E-state index in [4.69, 9.17) is 0 Å². The monoisotopic (exact) mass is 337 g/mol. The normalized spacial score (nSPS) is 38.0. The molecular formula is C23H31NO. The number of benzene rings is 1. The van der Waals surface area contributed by atoms with E-state index < -0.39 is 0 Å². The second-order valence-corrected chi connectivity index (χ2v) is 9.44. The molecule has 4 atom stereocenters. The van der Waals surface area contributed by atoms with Crippen LogP contribution in [-0.2, 0) is 11.8 Å². The van der Waals surface area contributed by atoms with Crippen LogP contribution in [-0.4, -0.2) is 29.1 Å². The summed E-state index contributed by atoms with van der Waals surface area (Å²) < 4.78 is 0. The van der Waals surface area contributed by atoms with E-state index in [1.54, 1.807) is 0 Å². The summed E-state index contributed by atoms with van der Waals surface area (Å²) >= 11 is 0. The zero-order valence-corrected chi connectivity index (χ0v) is 15.5. The molecule has 1 aliphatic heterocycles. The van der Waals surface area contributed by atoms with E-state index >= 15 is 0 Å². The molecule has 1 N–H and O–H groups in total. The molecule has 4 aliphatic rings. The molecule has 25 heavy (non-hydrogen) atoms. The predicted octanol–water partition coefficient (Wildman–Crippen LogP) is 4.66. The minimum atomic E-state index is 0.224. The Kier molecular flexibility index (Phi) is 3.57. The summed E-state index contributed by atoms with van der Waals surface area (Å²) in [6.45, 7) is 9.41. The Balaban J connectivity index is 1.59. The summed E-state index contributed by atoms with van der Waals surface area (Å²) in [7, 11) is 0. The van der Waals surface area contributed by atoms with Crippen molar-refractivity contribution in [2.45, 2.75) is 63.3 Å². The Labute approximate surface area is 151 Å². The SMILES string of the molecule is C=C1C[C@H](C)[C@H]2[C@H]3Cc4ccc(O)cc4C2(CCN3CC2CCC2)C1. The van der Waals surface area contributed by atoms with E-state index in [1.165, 1.54) is 68.3 Å². The first-order valence-electron chi connectivity index (χ1n) is 10.3. The molecule has 5 rings (SSSR count). The van der Waals surface area contributed by atoms with Crippen molar-refractivity contribution in [2.75, 3.05) is 13.1 Å². The molecule has 1 aromatic rings. The van der Waals surface area contributed by atoms with E-state index in [-0.39, 0.29) is 5.41 Å². The molecule has 0 spiro atoms. The molecule has 1 saturated heterocycles. The van der Waals surface area contributed by atoms with Crippen LogP contribution in [0.3, 0.4) is 0 Å². The van der Waals surface area contributed by atoms with Crippen molar-refractivity contribution in [3.63, 3.8) is 0 Å². The summed E-state index contributed by atoms with van der Waals surface area (Å²) in [6.07, 6.45) is 9.05. The van der Waals surface area contributed by atoms with Crippen molar-refractivity contribution in [3.8, 4) is 5.75 Å². The van der Waals surface area contributed by atoms with Crippen molar-refractivity contribution in [1.82, 2.24) is 4.90 Å². The van der Waals surface area contributed by atoms with Crippen molar-refractivity contribution >= 4 is 0 Å². The summed E-state index contributed by atoms with van der Waals surface area (Å²) in [5.74, 6) is 2.81. The standard InChI is InChI=1S/C23H31NO/c1-15-10-16(2)22-21-11-18-6-7-19(25)12-20(18)23(22,13-15)8-9-24(21)14-17-4-3-5-17/h6-7,12,16-17,21-22,25H,1,3-5,8-11,13-14H2,2H3/t16-,21+,22-,23?/m0/s1. The zero-order valence-electron chi connectivity index (χ0n) is 15.5. The van der Waals surface area contributed by atoms with E-state index in [2.05, 4.69) is 30.5 Å². The summed E-state index contributed by atoms with van der Waals surface area (Å²) in [5, 5.41) is 10.2. The number of phenols is 1. The maximum atomic E-state index is 10.2. The highest BCUT2D eigenvalue weighted by atomic mass is 16.3. The van der Waals surface area contributed by atoms with Gasteiger partial charge in [-0.15, -0.1) is 0 Å². The van der Waals surface area contributed by atoms with Gasteiger partial charge in [-0.25, -0.2) is 0 Å². The predicted molar refractivity (Wildman–Crippen MR) is 102 cm³/mol. The molecule has 1 unspecified atom stereocenters. The molecule has 0 amide bonds. The van der Waals surface area contributed by atoms with Gasteiger partial charge in [-0.1, -0.05) is 31.6 Å². The topological polar surface area (TPSA) is 23.5 Å². The lowest BCUT2D eigenvalue weighted by atomic mass is 9.49. The van der Waals surface area contributed by atoms with Gasteiger partial charge in [-0.3, -0.25) is 4.90 Å². The number of fused-ring (bicyclic) bond motifs is 1. The summed E-state index contributed by atoms with van der Waals surface area (Å²) in [5.41, 5.74) is 4.58. The highest BCUT2D eigenvalue weighted by Gasteiger charge is 2.56. The molecule has 2 heteroatoms. The van der Waals surface area contributed by atoms with Crippen LogP contribution < -0.4 is 0 Å². The molecule has 1 aromatic carbocycles. The number of hydrogen-bond acceptors (Lipinski definition) is 2. The molecule has 2 bridgehead atoms. The third-order valence-electron chi connectivity index (χ3n) is 7.93. The minimum Gasteiger partial charge on any atom is -0.508 e. The summed E-state index contributed by atoms with van der Waals surface area (Å²) in [4.78, 5) is 2.85. The first kappa shape index (κ1) is 15.9.